The van der Waals surface area contributed by atoms with Gasteiger partial charge in [-0.3, -0.25) is 0 Å². The molecule has 31 heavy (non-hydrogen) atoms. The second kappa shape index (κ2) is 6.66. The SMILES string of the molecule is C=C(C)C1CCC2(C)CCC3(C)C(CCC4C5(C)CCC(C)C(C)(C)C5CCC43C)C12. The van der Waals surface area contributed by atoms with Crippen molar-refractivity contribution >= 4 is 0 Å². The van der Waals surface area contributed by atoms with Crippen molar-refractivity contribution in [3.63, 3.8) is 0 Å². The highest BCUT2D eigenvalue weighted by Crippen LogP contribution is 2.77. The summed E-state index contributed by atoms with van der Waals surface area (Å²) in [7, 11) is 0. The first-order valence-corrected chi connectivity index (χ1v) is 14.0. The lowest BCUT2D eigenvalue weighted by molar-refractivity contribution is -0.240. The van der Waals surface area contributed by atoms with E-state index >= 15 is 0 Å². The molecule has 5 aliphatic rings. The van der Waals surface area contributed by atoms with Crippen LogP contribution in [0.25, 0.3) is 0 Å². The molecule has 0 aliphatic heterocycles. The second-order valence-corrected chi connectivity index (χ2v) is 15.1. The summed E-state index contributed by atoms with van der Waals surface area (Å²) >= 11 is 0. The summed E-state index contributed by atoms with van der Waals surface area (Å²) in [6, 6.07) is 0. The summed E-state index contributed by atoms with van der Waals surface area (Å²) in [4.78, 5) is 0. The van der Waals surface area contributed by atoms with Crippen LogP contribution in [0.5, 0.6) is 0 Å². The Bertz CT molecular complexity index is 760. The van der Waals surface area contributed by atoms with Crippen molar-refractivity contribution < 1.29 is 0 Å². The van der Waals surface area contributed by atoms with Gasteiger partial charge in [-0.2, -0.15) is 0 Å². The lowest BCUT2D eigenvalue weighted by Crippen LogP contribution is -2.65. The van der Waals surface area contributed by atoms with Crippen LogP contribution in [0, 0.1) is 62.6 Å². The molecule has 5 saturated carbocycles. The minimum atomic E-state index is 0.508. The third kappa shape index (κ3) is 2.66. The minimum Gasteiger partial charge on any atom is -0.0998 e. The first-order valence-electron chi connectivity index (χ1n) is 14.0. The van der Waals surface area contributed by atoms with Gasteiger partial charge in [0.2, 0.25) is 0 Å². The molecule has 5 aliphatic carbocycles. The molecule has 0 heterocycles. The van der Waals surface area contributed by atoms with E-state index in [1.165, 1.54) is 69.8 Å². The lowest BCUT2D eigenvalue weighted by Gasteiger charge is -2.73. The van der Waals surface area contributed by atoms with Gasteiger partial charge in [-0.05, 0) is 134 Å². The van der Waals surface area contributed by atoms with E-state index in [0.29, 0.717) is 27.1 Å². The maximum absolute atomic E-state index is 4.51. The van der Waals surface area contributed by atoms with Crippen LogP contribution in [-0.4, -0.2) is 0 Å². The third-order valence-electron chi connectivity index (χ3n) is 14.0. The predicted octanol–water partition coefficient (Wildman–Crippen LogP) is 9.30. The second-order valence-electron chi connectivity index (χ2n) is 15.1. The van der Waals surface area contributed by atoms with Gasteiger partial charge in [-0.25, -0.2) is 0 Å². The quantitative estimate of drug-likeness (QED) is 0.368. The van der Waals surface area contributed by atoms with Gasteiger partial charge in [0.15, 0.2) is 0 Å². The van der Waals surface area contributed by atoms with E-state index in [2.05, 4.69) is 62.0 Å². The van der Waals surface area contributed by atoms with Crippen LogP contribution in [-0.2, 0) is 0 Å². The molecule has 0 radical (unpaired) electrons. The Balaban J connectivity index is 1.54. The van der Waals surface area contributed by atoms with Gasteiger partial charge in [-0.1, -0.05) is 60.6 Å². The van der Waals surface area contributed by atoms with Gasteiger partial charge in [0, 0.05) is 0 Å². The Morgan fingerprint density at radius 3 is 2.10 bits per heavy atom. The number of hydrogen-bond donors (Lipinski definition) is 0. The molecule has 0 saturated heterocycles. The van der Waals surface area contributed by atoms with E-state index in [9.17, 15) is 0 Å². The van der Waals surface area contributed by atoms with Gasteiger partial charge in [-0.15, -0.1) is 0 Å². The lowest BCUT2D eigenvalue weighted by atomic mass is 9.32. The Kier molecular flexibility index (Phi) is 4.84. The van der Waals surface area contributed by atoms with Gasteiger partial charge in [0.05, 0.1) is 0 Å². The number of hydrogen-bond acceptors (Lipinski definition) is 0. The molecule has 0 aromatic rings. The summed E-state index contributed by atoms with van der Waals surface area (Å²) in [5, 5.41) is 0. The van der Waals surface area contributed by atoms with Crippen molar-refractivity contribution in [2.24, 2.45) is 62.6 Å². The summed E-state index contributed by atoms with van der Waals surface area (Å²) in [5.74, 6) is 5.34. The van der Waals surface area contributed by atoms with Crippen molar-refractivity contribution in [2.45, 2.75) is 120 Å². The molecule has 5 rings (SSSR count). The van der Waals surface area contributed by atoms with E-state index in [-0.39, 0.29) is 0 Å². The summed E-state index contributed by atoms with van der Waals surface area (Å²) in [5.41, 5.74) is 4.19. The average Bonchev–Trinajstić information content (AvgIpc) is 3.04. The van der Waals surface area contributed by atoms with Gasteiger partial charge < -0.3 is 0 Å². The minimum absolute atomic E-state index is 0.508. The Labute approximate surface area is 194 Å². The molecule has 0 amide bonds. The van der Waals surface area contributed by atoms with Crippen molar-refractivity contribution in [1.29, 1.82) is 0 Å². The first-order chi connectivity index (χ1) is 14.3. The zero-order chi connectivity index (χ0) is 22.6. The third-order valence-corrected chi connectivity index (χ3v) is 14.0. The molecule has 10 unspecified atom stereocenters. The van der Waals surface area contributed by atoms with E-state index in [1.54, 1.807) is 0 Å². The molecule has 0 spiro atoms. The zero-order valence-electron chi connectivity index (χ0n) is 22.2. The average molecular weight is 425 g/mol. The maximum Gasteiger partial charge on any atom is -0.0172 e. The fourth-order valence-electron chi connectivity index (χ4n) is 11.7. The molecular formula is C31H52. The maximum atomic E-state index is 4.51. The highest BCUT2D eigenvalue weighted by molar-refractivity contribution is 5.20. The fraction of sp³-hybridized carbons (Fsp3) is 0.935. The van der Waals surface area contributed by atoms with Crippen LogP contribution in [0.4, 0.5) is 0 Å². The van der Waals surface area contributed by atoms with Crippen LogP contribution in [0.15, 0.2) is 12.2 Å². The summed E-state index contributed by atoms with van der Waals surface area (Å²) < 4.78 is 0. The van der Waals surface area contributed by atoms with Crippen LogP contribution in [0.3, 0.4) is 0 Å². The smallest absolute Gasteiger partial charge is 0.0172 e. The van der Waals surface area contributed by atoms with Crippen LogP contribution in [0.1, 0.15) is 120 Å². The Hall–Kier alpha value is -0.260. The van der Waals surface area contributed by atoms with E-state index in [1.807, 2.05) is 0 Å². The van der Waals surface area contributed by atoms with E-state index in [4.69, 9.17) is 0 Å². The topological polar surface area (TPSA) is 0 Å². The van der Waals surface area contributed by atoms with E-state index < -0.39 is 0 Å². The number of rotatable bonds is 1. The van der Waals surface area contributed by atoms with Gasteiger partial charge >= 0.3 is 0 Å². The first kappa shape index (κ1) is 22.5. The standard InChI is InChI=1S/C31H52/c1-20(2)22-13-15-28(6)18-19-30(8)23(26(22)28)10-11-25-29(7)16-12-21(3)27(4,5)24(29)14-17-31(25,30)9/h21-26H,1,10-19H2,2-9H3. The van der Waals surface area contributed by atoms with Crippen LogP contribution < -0.4 is 0 Å². The molecule has 5 fully saturated rings. The van der Waals surface area contributed by atoms with Crippen molar-refractivity contribution in [2.75, 3.05) is 0 Å². The van der Waals surface area contributed by atoms with Gasteiger partial charge in [0.1, 0.15) is 0 Å². The molecular weight excluding hydrogens is 372 g/mol. The van der Waals surface area contributed by atoms with Crippen molar-refractivity contribution in [1.82, 2.24) is 0 Å². The number of allylic oxidation sites excluding steroid dienone is 1. The molecule has 0 bridgehead atoms. The molecule has 176 valence electrons. The van der Waals surface area contributed by atoms with Gasteiger partial charge in [0.25, 0.3) is 0 Å². The molecule has 0 aromatic carbocycles. The highest BCUT2D eigenvalue weighted by Gasteiger charge is 2.69. The highest BCUT2D eigenvalue weighted by atomic mass is 14.7. The Morgan fingerprint density at radius 2 is 1.42 bits per heavy atom. The zero-order valence-corrected chi connectivity index (χ0v) is 22.2. The molecule has 0 heteroatoms. The normalized spacial score (nSPS) is 57.9. The summed E-state index contributed by atoms with van der Waals surface area (Å²) in [6.07, 6.45) is 14.7. The Morgan fingerprint density at radius 1 is 0.710 bits per heavy atom. The largest absolute Gasteiger partial charge is 0.0998 e. The van der Waals surface area contributed by atoms with E-state index in [0.717, 1.165) is 35.5 Å². The monoisotopic (exact) mass is 424 g/mol. The predicted molar refractivity (Wildman–Crippen MR) is 134 cm³/mol. The fourth-order valence-corrected chi connectivity index (χ4v) is 11.7. The van der Waals surface area contributed by atoms with Crippen LogP contribution >= 0.6 is 0 Å². The molecule has 0 N–H and O–H groups in total. The molecule has 0 aromatic heterocycles. The molecule has 10 atom stereocenters. The van der Waals surface area contributed by atoms with Crippen molar-refractivity contribution in [3.8, 4) is 0 Å². The van der Waals surface area contributed by atoms with Crippen LogP contribution in [0.2, 0.25) is 0 Å². The van der Waals surface area contributed by atoms with Crippen molar-refractivity contribution in [3.05, 3.63) is 12.2 Å². The summed E-state index contributed by atoms with van der Waals surface area (Å²) in [6.45, 7) is 25.6. The number of fused-ring (bicyclic) bond motifs is 7. The molecule has 0 nitrogen and oxygen atoms in total.